The van der Waals surface area contributed by atoms with Crippen LogP contribution in [-0.4, -0.2) is 36.6 Å². The molecule has 1 aromatic carbocycles. The number of carbonyl (C=O) groups is 1. The van der Waals surface area contributed by atoms with Crippen molar-refractivity contribution in [1.29, 1.82) is 0 Å². The molecule has 1 aromatic heterocycles. The molecule has 0 aliphatic rings. The number of unbranched alkanes of at least 4 members (excludes halogenated alkanes) is 2. The molecule has 0 fully saturated rings. The van der Waals surface area contributed by atoms with Gasteiger partial charge in [0.15, 0.2) is 0 Å². The van der Waals surface area contributed by atoms with Gasteiger partial charge < -0.3 is 20.1 Å². The molecular weight excluding hydrogens is 320 g/mol. The number of aromatic nitrogens is 2. The van der Waals surface area contributed by atoms with Gasteiger partial charge in [-0.05, 0) is 18.6 Å². The van der Waals surface area contributed by atoms with Gasteiger partial charge in [0, 0.05) is 12.6 Å². The Balaban J connectivity index is 2.02. The highest BCUT2D eigenvalue weighted by Gasteiger charge is 2.09. The number of carbonyl (C=O) groups excluding carboxylic acids is 1. The first kappa shape index (κ1) is 18.5. The summed E-state index contributed by atoms with van der Waals surface area (Å²) in [5, 5.41) is 5.95. The van der Waals surface area contributed by atoms with E-state index in [1.807, 2.05) is 6.07 Å². The van der Waals surface area contributed by atoms with Gasteiger partial charge in [0.1, 0.15) is 23.0 Å². The number of nitrogens with zero attached hydrogens (tertiary/aromatic N) is 2. The quantitative estimate of drug-likeness (QED) is 0.680. The van der Waals surface area contributed by atoms with E-state index in [0.717, 1.165) is 19.3 Å². The van der Waals surface area contributed by atoms with Gasteiger partial charge in [0.2, 0.25) is 0 Å². The molecule has 7 heteroatoms. The number of anilines is 2. The van der Waals surface area contributed by atoms with Crippen molar-refractivity contribution >= 4 is 17.4 Å². The topological polar surface area (TPSA) is 85.4 Å². The van der Waals surface area contributed by atoms with Crippen molar-refractivity contribution in [2.45, 2.75) is 26.2 Å². The van der Waals surface area contributed by atoms with E-state index < -0.39 is 0 Å². The van der Waals surface area contributed by atoms with E-state index in [4.69, 9.17) is 9.47 Å². The van der Waals surface area contributed by atoms with E-state index in [0.29, 0.717) is 35.2 Å². The molecule has 0 spiro atoms. The lowest BCUT2D eigenvalue weighted by atomic mass is 10.2. The van der Waals surface area contributed by atoms with Crippen LogP contribution < -0.4 is 20.1 Å². The second-order valence-corrected chi connectivity index (χ2v) is 5.44. The fourth-order valence-corrected chi connectivity index (χ4v) is 2.23. The number of benzene rings is 1. The molecule has 2 rings (SSSR count). The zero-order chi connectivity index (χ0) is 18.1. The second kappa shape index (κ2) is 9.46. The van der Waals surface area contributed by atoms with Gasteiger partial charge in [-0.25, -0.2) is 9.97 Å². The van der Waals surface area contributed by atoms with Crippen LogP contribution in [0.2, 0.25) is 0 Å². The number of rotatable bonds is 9. The molecule has 134 valence electrons. The standard InChI is InChI=1S/C18H24N4O3/c1-4-5-6-9-19-18(23)15-11-21-17(12-20-15)22-14-10-13(24-2)7-8-16(14)25-3/h7-8,10-12H,4-6,9H2,1-3H3,(H,19,23)(H,21,22). The number of hydrogen-bond acceptors (Lipinski definition) is 6. The number of ether oxygens (including phenoxy) is 2. The van der Waals surface area contributed by atoms with Gasteiger partial charge in [-0.2, -0.15) is 0 Å². The Kier molecular flexibility index (Phi) is 7.00. The SMILES string of the molecule is CCCCCNC(=O)c1cnc(Nc2cc(OC)ccc2OC)cn1. The van der Waals surface area contributed by atoms with Crippen LogP contribution in [0.3, 0.4) is 0 Å². The van der Waals surface area contributed by atoms with Crippen LogP contribution in [0.4, 0.5) is 11.5 Å². The van der Waals surface area contributed by atoms with Crippen LogP contribution >= 0.6 is 0 Å². The minimum atomic E-state index is -0.214. The van der Waals surface area contributed by atoms with Crippen LogP contribution in [0, 0.1) is 0 Å². The number of hydrogen-bond donors (Lipinski definition) is 2. The lowest BCUT2D eigenvalue weighted by Crippen LogP contribution is -2.25. The summed E-state index contributed by atoms with van der Waals surface area (Å²) in [6.45, 7) is 2.77. The van der Waals surface area contributed by atoms with Gasteiger partial charge in [-0.15, -0.1) is 0 Å². The smallest absolute Gasteiger partial charge is 0.271 e. The Morgan fingerprint density at radius 3 is 2.60 bits per heavy atom. The van der Waals surface area contributed by atoms with E-state index in [1.54, 1.807) is 26.4 Å². The molecule has 0 bridgehead atoms. The lowest BCUT2D eigenvalue weighted by molar-refractivity contribution is 0.0947. The summed E-state index contributed by atoms with van der Waals surface area (Å²) in [5.41, 5.74) is 0.993. The molecule has 7 nitrogen and oxygen atoms in total. The first-order valence-corrected chi connectivity index (χ1v) is 8.27. The summed E-state index contributed by atoms with van der Waals surface area (Å²) in [4.78, 5) is 20.4. The van der Waals surface area contributed by atoms with Crippen LogP contribution in [0.5, 0.6) is 11.5 Å². The molecule has 1 amide bonds. The highest BCUT2D eigenvalue weighted by Crippen LogP contribution is 2.30. The first-order valence-electron chi connectivity index (χ1n) is 8.27. The zero-order valence-corrected chi connectivity index (χ0v) is 14.8. The van der Waals surface area contributed by atoms with Crippen molar-refractivity contribution in [1.82, 2.24) is 15.3 Å². The van der Waals surface area contributed by atoms with Gasteiger partial charge >= 0.3 is 0 Å². The second-order valence-electron chi connectivity index (χ2n) is 5.44. The average molecular weight is 344 g/mol. The third-order valence-electron chi connectivity index (χ3n) is 3.62. The Morgan fingerprint density at radius 1 is 1.12 bits per heavy atom. The van der Waals surface area contributed by atoms with Crippen LogP contribution in [0.15, 0.2) is 30.6 Å². The first-order chi connectivity index (χ1) is 12.2. The molecule has 0 radical (unpaired) electrons. The molecule has 2 aromatic rings. The van der Waals surface area contributed by atoms with Crippen LogP contribution in [0.25, 0.3) is 0 Å². The predicted octanol–water partition coefficient (Wildman–Crippen LogP) is 3.16. The fraction of sp³-hybridized carbons (Fsp3) is 0.389. The molecule has 0 aliphatic heterocycles. The third kappa shape index (κ3) is 5.34. The van der Waals surface area contributed by atoms with Crippen LogP contribution in [0.1, 0.15) is 36.7 Å². The van der Waals surface area contributed by atoms with Crippen molar-refractivity contribution < 1.29 is 14.3 Å². The summed E-state index contributed by atoms with van der Waals surface area (Å²) in [6, 6.07) is 5.41. The van der Waals surface area contributed by atoms with Gasteiger partial charge in [0.25, 0.3) is 5.91 Å². The van der Waals surface area contributed by atoms with E-state index >= 15 is 0 Å². The van der Waals surface area contributed by atoms with Crippen molar-refractivity contribution in [3.05, 3.63) is 36.3 Å². The highest BCUT2D eigenvalue weighted by atomic mass is 16.5. The minimum absolute atomic E-state index is 0.214. The number of amides is 1. The summed E-state index contributed by atoms with van der Waals surface area (Å²) in [7, 11) is 3.18. The molecule has 2 N–H and O–H groups in total. The Labute approximate surface area is 147 Å². The lowest BCUT2D eigenvalue weighted by Gasteiger charge is -2.12. The van der Waals surface area contributed by atoms with E-state index in [9.17, 15) is 4.79 Å². The largest absolute Gasteiger partial charge is 0.497 e. The molecule has 0 saturated carbocycles. The minimum Gasteiger partial charge on any atom is -0.497 e. The summed E-state index contributed by atoms with van der Waals surface area (Å²) in [6.07, 6.45) is 6.13. The molecule has 0 aliphatic carbocycles. The maximum Gasteiger partial charge on any atom is 0.271 e. The average Bonchev–Trinajstić information content (AvgIpc) is 2.65. The number of nitrogens with one attached hydrogen (secondary N) is 2. The summed E-state index contributed by atoms with van der Waals surface area (Å²) < 4.78 is 10.5. The fourth-order valence-electron chi connectivity index (χ4n) is 2.23. The van der Waals surface area contributed by atoms with Gasteiger partial charge in [0.05, 0.1) is 32.3 Å². The summed E-state index contributed by atoms with van der Waals surface area (Å²) in [5.74, 6) is 1.64. The monoisotopic (exact) mass is 344 g/mol. The molecule has 0 saturated heterocycles. The molecule has 0 unspecified atom stereocenters. The summed E-state index contributed by atoms with van der Waals surface area (Å²) >= 11 is 0. The van der Waals surface area contributed by atoms with Crippen LogP contribution in [-0.2, 0) is 0 Å². The van der Waals surface area contributed by atoms with Crippen molar-refractivity contribution in [2.75, 3.05) is 26.1 Å². The van der Waals surface area contributed by atoms with Crippen molar-refractivity contribution in [3.8, 4) is 11.5 Å². The molecule has 25 heavy (non-hydrogen) atoms. The van der Waals surface area contributed by atoms with Gasteiger partial charge in [-0.1, -0.05) is 19.8 Å². The van der Waals surface area contributed by atoms with E-state index in [1.165, 1.54) is 12.4 Å². The van der Waals surface area contributed by atoms with E-state index in [-0.39, 0.29) is 5.91 Å². The highest BCUT2D eigenvalue weighted by molar-refractivity contribution is 5.92. The molecule has 1 heterocycles. The zero-order valence-electron chi connectivity index (χ0n) is 14.8. The Hall–Kier alpha value is -2.83. The van der Waals surface area contributed by atoms with E-state index in [2.05, 4.69) is 27.5 Å². The maximum absolute atomic E-state index is 12.0. The molecule has 0 atom stereocenters. The predicted molar refractivity (Wildman–Crippen MR) is 96.7 cm³/mol. The van der Waals surface area contributed by atoms with Crippen molar-refractivity contribution in [3.63, 3.8) is 0 Å². The Bertz CT molecular complexity index is 689. The molecular formula is C18H24N4O3. The van der Waals surface area contributed by atoms with Gasteiger partial charge in [-0.3, -0.25) is 4.79 Å². The third-order valence-corrected chi connectivity index (χ3v) is 3.62. The number of methoxy groups -OCH3 is 2. The Morgan fingerprint density at radius 2 is 1.96 bits per heavy atom. The normalized spacial score (nSPS) is 10.2. The maximum atomic E-state index is 12.0. The van der Waals surface area contributed by atoms with Crippen molar-refractivity contribution in [2.24, 2.45) is 0 Å².